The number of nitrogens with zero attached hydrogens (tertiary/aromatic N) is 3. The molecule has 1 saturated heterocycles. The van der Waals surface area contributed by atoms with Gasteiger partial charge in [-0.1, -0.05) is 6.07 Å². The van der Waals surface area contributed by atoms with Crippen molar-refractivity contribution < 1.29 is 18.3 Å². The highest BCUT2D eigenvalue weighted by Crippen LogP contribution is 2.18. The number of aromatic nitrogens is 2. The van der Waals surface area contributed by atoms with Gasteiger partial charge >= 0.3 is 0 Å². The fourth-order valence-corrected chi connectivity index (χ4v) is 2.68. The molecule has 5 nitrogen and oxygen atoms in total. The van der Waals surface area contributed by atoms with Crippen LogP contribution in [0.1, 0.15) is 28.9 Å². The maximum atomic E-state index is 13.7. The first kappa shape index (κ1) is 16.4. The first-order chi connectivity index (χ1) is 11.6. The summed E-state index contributed by atoms with van der Waals surface area (Å²) in [5.41, 5.74) is 0.594. The van der Waals surface area contributed by atoms with E-state index in [0.717, 1.165) is 24.6 Å². The number of pyridine rings is 2. The monoisotopic (exact) mass is 333 g/mol. The summed E-state index contributed by atoms with van der Waals surface area (Å²) in [6.45, 7) is 1.27. The molecule has 0 aromatic carbocycles. The maximum absolute atomic E-state index is 13.7. The van der Waals surface area contributed by atoms with Crippen LogP contribution in [0.4, 0.5) is 8.78 Å². The van der Waals surface area contributed by atoms with Crippen LogP contribution in [-0.2, 0) is 11.3 Å². The summed E-state index contributed by atoms with van der Waals surface area (Å²) in [4.78, 5) is 21.5. The summed E-state index contributed by atoms with van der Waals surface area (Å²) >= 11 is 0. The Balaban J connectivity index is 1.61. The molecule has 1 amide bonds. The smallest absolute Gasteiger partial charge is 0.275 e. The predicted octanol–water partition coefficient (Wildman–Crippen LogP) is 2.58. The van der Waals surface area contributed by atoms with Crippen LogP contribution >= 0.6 is 0 Å². The molecule has 0 aliphatic carbocycles. The van der Waals surface area contributed by atoms with Gasteiger partial charge in [-0.15, -0.1) is 0 Å². The minimum atomic E-state index is -0.946. The average molecular weight is 333 g/mol. The van der Waals surface area contributed by atoms with Gasteiger partial charge in [-0.05, 0) is 24.5 Å². The number of halogens is 2. The number of rotatable bonds is 4. The van der Waals surface area contributed by atoms with Gasteiger partial charge in [0.2, 0.25) is 0 Å². The number of likely N-dealkylation sites (tertiary alicyclic amines) is 1. The molecular weight excluding hydrogens is 316 g/mol. The number of carbonyl (C=O) groups excluding carboxylic acids is 1. The van der Waals surface area contributed by atoms with Gasteiger partial charge in [0.15, 0.2) is 11.5 Å². The molecule has 7 heteroatoms. The molecule has 0 saturated carbocycles. The zero-order valence-corrected chi connectivity index (χ0v) is 13.0. The quantitative estimate of drug-likeness (QED) is 0.863. The lowest BCUT2D eigenvalue weighted by Gasteiger charge is -2.32. The molecule has 126 valence electrons. The Morgan fingerprint density at radius 1 is 1.38 bits per heavy atom. The fraction of sp³-hybridized carbons (Fsp3) is 0.353. The van der Waals surface area contributed by atoms with Crippen LogP contribution in [0.2, 0.25) is 0 Å². The van der Waals surface area contributed by atoms with E-state index in [1.54, 1.807) is 12.4 Å². The van der Waals surface area contributed by atoms with Crippen LogP contribution in [0.5, 0.6) is 0 Å². The largest absolute Gasteiger partial charge is 0.372 e. The van der Waals surface area contributed by atoms with Crippen molar-refractivity contribution in [1.82, 2.24) is 14.9 Å². The Bertz CT molecular complexity index is 712. The highest BCUT2D eigenvalue weighted by molar-refractivity contribution is 5.92. The Morgan fingerprint density at radius 2 is 2.25 bits per heavy atom. The Hall–Kier alpha value is -2.41. The van der Waals surface area contributed by atoms with Crippen molar-refractivity contribution in [3.8, 4) is 0 Å². The lowest BCUT2D eigenvalue weighted by Crippen LogP contribution is -2.43. The topological polar surface area (TPSA) is 55.3 Å². The Morgan fingerprint density at radius 3 is 3.00 bits per heavy atom. The van der Waals surface area contributed by atoms with Gasteiger partial charge in [0.05, 0.1) is 18.9 Å². The van der Waals surface area contributed by atoms with Gasteiger partial charge in [-0.2, -0.15) is 0 Å². The third-order valence-corrected chi connectivity index (χ3v) is 3.88. The predicted molar refractivity (Wildman–Crippen MR) is 82.1 cm³/mol. The average Bonchev–Trinajstić information content (AvgIpc) is 2.61. The van der Waals surface area contributed by atoms with Crippen LogP contribution in [0.15, 0.2) is 36.8 Å². The number of hydrogen-bond acceptors (Lipinski definition) is 4. The SMILES string of the molecule is O=C(c1ncc(F)cc1F)N1CCCC(OCc2cccnc2)C1. The van der Waals surface area contributed by atoms with E-state index in [0.29, 0.717) is 25.8 Å². The standard InChI is InChI=1S/C17H17F2N3O2/c18-13-7-15(19)16(21-9-13)17(23)22-6-2-4-14(10-22)24-11-12-3-1-5-20-8-12/h1,3,5,7-9,14H,2,4,6,10-11H2. The van der Waals surface area contributed by atoms with Gasteiger partial charge in [-0.3, -0.25) is 9.78 Å². The summed E-state index contributed by atoms with van der Waals surface area (Å²) in [5, 5.41) is 0. The zero-order valence-electron chi connectivity index (χ0n) is 13.0. The number of piperidine rings is 1. The minimum absolute atomic E-state index is 0.133. The molecule has 2 aromatic heterocycles. The van der Waals surface area contributed by atoms with Crippen LogP contribution in [0.3, 0.4) is 0 Å². The van der Waals surface area contributed by atoms with Gasteiger partial charge in [0.1, 0.15) is 5.82 Å². The van der Waals surface area contributed by atoms with E-state index in [4.69, 9.17) is 4.74 Å². The molecule has 3 rings (SSSR count). The number of amides is 1. The fourth-order valence-electron chi connectivity index (χ4n) is 2.68. The summed E-state index contributed by atoms with van der Waals surface area (Å²) in [7, 11) is 0. The molecule has 0 radical (unpaired) electrons. The molecule has 24 heavy (non-hydrogen) atoms. The number of ether oxygens (including phenoxy) is 1. The van der Waals surface area contributed by atoms with E-state index >= 15 is 0 Å². The first-order valence-corrected chi connectivity index (χ1v) is 7.74. The van der Waals surface area contributed by atoms with Crippen molar-refractivity contribution in [2.24, 2.45) is 0 Å². The summed E-state index contributed by atoms with van der Waals surface area (Å²) in [6.07, 6.45) is 5.70. The third kappa shape index (κ3) is 3.91. The molecule has 0 N–H and O–H groups in total. The molecule has 0 bridgehead atoms. The van der Waals surface area contributed by atoms with Crippen molar-refractivity contribution in [3.63, 3.8) is 0 Å². The molecule has 0 spiro atoms. The zero-order chi connectivity index (χ0) is 16.9. The molecule has 3 heterocycles. The van der Waals surface area contributed by atoms with Gasteiger partial charge in [-0.25, -0.2) is 13.8 Å². The third-order valence-electron chi connectivity index (χ3n) is 3.88. The Labute approximate surface area is 138 Å². The molecule has 1 aliphatic rings. The van der Waals surface area contributed by atoms with Gasteiger partial charge in [0, 0.05) is 31.5 Å². The highest BCUT2D eigenvalue weighted by Gasteiger charge is 2.27. The van der Waals surface area contributed by atoms with Crippen LogP contribution in [-0.4, -0.2) is 40.0 Å². The van der Waals surface area contributed by atoms with Gasteiger partial charge in [0.25, 0.3) is 5.91 Å². The second-order valence-electron chi connectivity index (χ2n) is 5.67. The maximum Gasteiger partial charge on any atom is 0.275 e. The number of carbonyl (C=O) groups is 1. The van der Waals surface area contributed by atoms with Crippen molar-refractivity contribution >= 4 is 5.91 Å². The number of hydrogen-bond donors (Lipinski definition) is 0. The van der Waals surface area contributed by atoms with E-state index in [2.05, 4.69) is 9.97 Å². The van der Waals surface area contributed by atoms with E-state index in [1.165, 1.54) is 4.90 Å². The Kier molecular flexibility index (Phi) is 5.10. The second-order valence-corrected chi connectivity index (χ2v) is 5.67. The molecule has 1 aliphatic heterocycles. The van der Waals surface area contributed by atoms with E-state index in [9.17, 15) is 13.6 Å². The van der Waals surface area contributed by atoms with Crippen LogP contribution in [0, 0.1) is 11.6 Å². The van der Waals surface area contributed by atoms with Crippen LogP contribution < -0.4 is 0 Å². The van der Waals surface area contributed by atoms with Crippen molar-refractivity contribution in [1.29, 1.82) is 0 Å². The molecular formula is C17H17F2N3O2. The van der Waals surface area contributed by atoms with Crippen LogP contribution in [0.25, 0.3) is 0 Å². The normalized spacial score (nSPS) is 17.8. The summed E-state index contributed by atoms with van der Waals surface area (Å²) in [5.74, 6) is -2.29. The van der Waals surface area contributed by atoms with Gasteiger partial charge < -0.3 is 9.64 Å². The second kappa shape index (κ2) is 7.44. The van der Waals surface area contributed by atoms with Crippen molar-refractivity contribution in [2.75, 3.05) is 13.1 Å². The molecule has 1 atom stereocenters. The lowest BCUT2D eigenvalue weighted by molar-refractivity contribution is -0.00711. The van der Waals surface area contributed by atoms with E-state index in [-0.39, 0.29) is 11.8 Å². The first-order valence-electron chi connectivity index (χ1n) is 7.74. The molecule has 1 unspecified atom stereocenters. The van der Waals surface area contributed by atoms with E-state index in [1.807, 2.05) is 12.1 Å². The molecule has 1 fully saturated rings. The van der Waals surface area contributed by atoms with Crippen molar-refractivity contribution in [3.05, 3.63) is 59.7 Å². The molecule has 2 aromatic rings. The summed E-state index contributed by atoms with van der Waals surface area (Å²) < 4.78 is 32.5. The van der Waals surface area contributed by atoms with Crippen molar-refractivity contribution in [2.45, 2.75) is 25.6 Å². The minimum Gasteiger partial charge on any atom is -0.372 e. The van der Waals surface area contributed by atoms with E-state index < -0.39 is 17.5 Å². The lowest BCUT2D eigenvalue weighted by atomic mass is 10.1. The summed E-state index contributed by atoms with van der Waals surface area (Å²) in [6, 6.07) is 4.41. The highest BCUT2D eigenvalue weighted by atomic mass is 19.1.